The molecule has 9 heteroatoms. The van der Waals surface area contributed by atoms with Crippen LogP contribution in [-0.2, 0) is 4.79 Å². The highest BCUT2D eigenvalue weighted by Gasteiger charge is 2.34. The van der Waals surface area contributed by atoms with E-state index in [0.29, 0.717) is 50.0 Å². The number of hydrogen-bond donors (Lipinski definition) is 1. The molecule has 3 aromatic rings. The summed E-state index contributed by atoms with van der Waals surface area (Å²) in [5, 5.41) is 11.1. The van der Waals surface area contributed by atoms with Crippen LogP contribution in [0.5, 0.6) is 11.5 Å². The Labute approximate surface area is 211 Å². The van der Waals surface area contributed by atoms with Gasteiger partial charge in [-0.25, -0.2) is 4.99 Å². The first-order chi connectivity index (χ1) is 16.8. The van der Waals surface area contributed by atoms with E-state index >= 15 is 0 Å². The van der Waals surface area contributed by atoms with Crippen molar-refractivity contribution in [3.8, 4) is 11.5 Å². The molecule has 0 aliphatic carbocycles. The molecule has 1 atom stereocenters. The molecule has 35 heavy (non-hydrogen) atoms. The first-order valence-electron chi connectivity index (χ1n) is 11.2. The quantitative estimate of drug-likeness (QED) is 0.549. The SMILES string of the molecule is CCN(CC)C(=O)C1=C(C)N=c2s/c(=C/c3cccc(OC)c3O)c(=O)n2[C@@H]1c1ccc(Cl)cc1. The number of aromatic nitrogens is 1. The summed E-state index contributed by atoms with van der Waals surface area (Å²) in [5.74, 6) is 0.105. The first-order valence-corrected chi connectivity index (χ1v) is 12.4. The van der Waals surface area contributed by atoms with Gasteiger partial charge >= 0.3 is 0 Å². The van der Waals surface area contributed by atoms with Crippen LogP contribution in [0.2, 0.25) is 5.02 Å². The Hall–Kier alpha value is -3.36. The molecule has 1 aliphatic heterocycles. The summed E-state index contributed by atoms with van der Waals surface area (Å²) in [6.45, 7) is 6.72. The fourth-order valence-corrected chi connectivity index (χ4v) is 5.36. The molecule has 2 aromatic carbocycles. The molecule has 0 saturated carbocycles. The number of fused-ring (bicyclic) bond motifs is 1. The molecular weight excluding hydrogens is 486 g/mol. The van der Waals surface area contributed by atoms with Crippen LogP contribution in [-0.4, -0.2) is 40.7 Å². The van der Waals surface area contributed by atoms with E-state index in [-0.39, 0.29) is 17.2 Å². The number of benzene rings is 2. The number of carbonyl (C=O) groups is 1. The van der Waals surface area contributed by atoms with E-state index in [2.05, 4.69) is 4.99 Å². The van der Waals surface area contributed by atoms with Gasteiger partial charge in [0.15, 0.2) is 16.3 Å². The highest BCUT2D eigenvalue weighted by Crippen LogP contribution is 2.32. The second kappa shape index (κ2) is 10.1. The Balaban J connectivity index is 1.97. The maximum absolute atomic E-state index is 13.7. The summed E-state index contributed by atoms with van der Waals surface area (Å²) < 4.78 is 7.13. The maximum Gasteiger partial charge on any atom is 0.271 e. The van der Waals surface area contributed by atoms with Crippen molar-refractivity contribution in [3.63, 3.8) is 0 Å². The minimum Gasteiger partial charge on any atom is -0.504 e. The summed E-state index contributed by atoms with van der Waals surface area (Å²) in [5.41, 5.74) is 1.94. The summed E-state index contributed by atoms with van der Waals surface area (Å²) in [4.78, 5) is 34.1. The minimum atomic E-state index is -0.655. The van der Waals surface area contributed by atoms with Gasteiger partial charge in [0.05, 0.1) is 29.0 Å². The van der Waals surface area contributed by atoms with Crippen molar-refractivity contribution in [2.24, 2.45) is 4.99 Å². The van der Waals surface area contributed by atoms with Crippen LogP contribution in [0.3, 0.4) is 0 Å². The number of allylic oxidation sites excluding steroid dienone is 1. The molecule has 1 aliphatic rings. The first kappa shape index (κ1) is 24.8. The normalized spacial score (nSPS) is 15.6. The molecule has 7 nitrogen and oxygen atoms in total. The maximum atomic E-state index is 13.7. The number of aromatic hydroxyl groups is 1. The molecule has 0 spiro atoms. The predicted octanol–water partition coefficient (Wildman–Crippen LogP) is 3.47. The largest absolute Gasteiger partial charge is 0.504 e. The highest BCUT2D eigenvalue weighted by atomic mass is 35.5. The van der Waals surface area contributed by atoms with Crippen LogP contribution in [0, 0.1) is 0 Å². The van der Waals surface area contributed by atoms with Gasteiger partial charge in [0, 0.05) is 23.7 Å². The van der Waals surface area contributed by atoms with Crippen molar-refractivity contribution >= 4 is 34.9 Å². The number of rotatable bonds is 6. The molecule has 0 bridgehead atoms. The minimum absolute atomic E-state index is 0.0522. The highest BCUT2D eigenvalue weighted by molar-refractivity contribution is 7.07. The Morgan fingerprint density at radius 2 is 1.91 bits per heavy atom. The molecule has 1 aromatic heterocycles. The van der Waals surface area contributed by atoms with Crippen LogP contribution >= 0.6 is 22.9 Å². The Morgan fingerprint density at radius 3 is 2.54 bits per heavy atom. The van der Waals surface area contributed by atoms with Crippen LogP contribution in [0.25, 0.3) is 6.08 Å². The van der Waals surface area contributed by atoms with E-state index in [1.165, 1.54) is 18.4 Å². The molecule has 0 saturated heterocycles. The second-order valence-electron chi connectivity index (χ2n) is 8.01. The van der Waals surface area contributed by atoms with E-state index in [4.69, 9.17) is 16.3 Å². The van der Waals surface area contributed by atoms with Crippen molar-refractivity contribution in [3.05, 3.63) is 89.6 Å². The van der Waals surface area contributed by atoms with Crippen molar-refractivity contribution < 1.29 is 14.6 Å². The number of methoxy groups -OCH3 is 1. The molecule has 0 fully saturated rings. The summed E-state index contributed by atoms with van der Waals surface area (Å²) in [7, 11) is 1.47. The summed E-state index contributed by atoms with van der Waals surface area (Å²) >= 11 is 7.34. The third-order valence-electron chi connectivity index (χ3n) is 6.03. The third kappa shape index (κ3) is 4.51. The van der Waals surface area contributed by atoms with Crippen molar-refractivity contribution in [2.75, 3.05) is 20.2 Å². The molecule has 0 radical (unpaired) electrons. The number of carbonyl (C=O) groups excluding carboxylic acids is 1. The lowest BCUT2D eigenvalue weighted by Gasteiger charge is -2.29. The van der Waals surface area contributed by atoms with E-state index in [0.717, 1.165) is 5.56 Å². The van der Waals surface area contributed by atoms with Crippen LogP contribution in [0.1, 0.15) is 37.9 Å². The molecule has 2 heterocycles. The number of thiazole rings is 1. The zero-order valence-electron chi connectivity index (χ0n) is 19.9. The fourth-order valence-electron chi connectivity index (χ4n) is 4.20. The van der Waals surface area contributed by atoms with Gasteiger partial charge in [-0.15, -0.1) is 0 Å². The average Bonchev–Trinajstić information content (AvgIpc) is 3.15. The molecule has 182 valence electrons. The zero-order valence-corrected chi connectivity index (χ0v) is 21.5. The monoisotopic (exact) mass is 511 g/mol. The summed E-state index contributed by atoms with van der Waals surface area (Å²) in [6, 6.07) is 11.6. The topological polar surface area (TPSA) is 84.1 Å². The van der Waals surface area contributed by atoms with Gasteiger partial charge in [0.1, 0.15) is 0 Å². The molecule has 4 rings (SSSR count). The number of phenolic OH excluding ortho intramolecular Hbond substituents is 1. The Morgan fingerprint density at radius 1 is 1.23 bits per heavy atom. The average molecular weight is 512 g/mol. The van der Waals surface area contributed by atoms with Gasteiger partial charge in [-0.1, -0.05) is 47.2 Å². The van der Waals surface area contributed by atoms with Crippen molar-refractivity contribution in [2.45, 2.75) is 26.8 Å². The van der Waals surface area contributed by atoms with E-state index < -0.39 is 6.04 Å². The summed E-state index contributed by atoms with van der Waals surface area (Å²) in [6.07, 6.45) is 1.62. The van der Waals surface area contributed by atoms with E-state index in [1.54, 1.807) is 52.8 Å². The number of nitrogens with zero attached hydrogens (tertiary/aromatic N) is 3. The second-order valence-corrected chi connectivity index (χ2v) is 9.45. The number of para-hydroxylation sites is 1. The lowest BCUT2D eigenvalue weighted by molar-refractivity contribution is -0.127. The molecule has 1 N–H and O–H groups in total. The van der Waals surface area contributed by atoms with Gasteiger partial charge < -0.3 is 14.7 Å². The lowest BCUT2D eigenvalue weighted by Crippen LogP contribution is -2.43. The third-order valence-corrected chi connectivity index (χ3v) is 7.26. The number of ether oxygens (including phenoxy) is 1. The molecule has 1 amide bonds. The molecular formula is C26H26ClN3O4S. The zero-order chi connectivity index (χ0) is 25.3. The Bertz CT molecular complexity index is 1480. The number of hydrogen-bond acceptors (Lipinski definition) is 6. The van der Waals surface area contributed by atoms with Crippen LogP contribution in [0.15, 0.2) is 63.5 Å². The fraction of sp³-hybridized carbons (Fsp3) is 0.269. The van der Waals surface area contributed by atoms with E-state index in [1.807, 2.05) is 26.0 Å². The van der Waals surface area contributed by atoms with Crippen molar-refractivity contribution in [1.82, 2.24) is 9.47 Å². The number of halogens is 1. The van der Waals surface area contributed by atoms with Crippen LogP contribution < -0.4 is 19.6 Å². The Kier molecular flexibility index (Phi) is 7.14. The van der Waals surface area contributed by atoms with E-state index in [9.17, 15) is 14.7 Å². The van der Waals surface area contributed by atoms with Crippen LogP contribution in [0.4, 0.5) is 0 Å². The van der Waals surface area contributed by atoms with Gasteiger partial charge in [0.2, 0.25) is 0 Å². The molecule has 0 unspecified atom stereocenters. The van der Waals surface area contributed by atoms with Gasteiger partial charge in [-0.05, 0) is 50.6 Å². The van der Waals surface area contributed by atoms with Gasteiger partial charge in [-0.3, -0.25) is 14.2 Å². The number of amides is 1. The predicted molar refractivity (Wildman–Crippen MR) is 138 cm³/mol. The van der Waals surface area contributed by atoms with Crippen molar-refractivity contribution in [1.29, 1.82) is 0 Å². The number of likely N-dealkylation sites (N-methyl/N-ethyl adjacent to an activating group) is 1. The standard InChI is InChI=1S/C26H26ClN3O4S/c1-5-29(6-2)25(33)21-15(3)28-26-30(22(21)16-10-12-18(27)13-11-16)24(32)20(35-26)14-17-8-7-9-19(34-4)23(17)31/h7-14,22,31H,5-6H2,1-4H3/b20-14+/t22-/m1/s1. The lowest BCUT2D eigenvalue weighted by atomic mass is 9.94. The van der Waals surface area contributed by atoms with Gasteiger partial charge in [-0.2, -0.15) is 0 Å². The smallest absolute Gasteiger partial charge is 0.271 e. The number of phenols is 1. The van der Waals surface area contributed by atoms with Gasteiger partial charge in [0.25, 0.3) is 11.5 Å².